The van der Waals surface area contributed by atoms with Crippen LogP contribution in [0, 0.1) is 5.82 Å². The summed E-state index contributed by atoms with van der Waals surface area (Å²) in [5, 5.41) is 13.4. The van der Waals surface area contributed by atoms with Crippen molar-refractivity contribution in [3.63, 3.8) is 0 Å². The highest BCUT2D eigenvalue weighted by Crippen LogP contribution is 2.19. The van der Waals surface area contributed by atoms with Crippen molar-refractivity contribution < 1.29 is 14.2 Å². The van der Waals surface area contributed by atoms with Crippen molar-refractivity contribution in [2.24, 2.45) is 0 Å². The second kappa shape index (κ2) is 7.50. The Kier molecular flexibility index (Phi) is 5.67. The van der Waals surface area contributed by atoms with Crippen LogP contribution >= 0.6 is 23.2 Å². The number of benzene rings is 2. The van der Waals surface area contributed by atoms with Crippen LogP contribution in [0.4, 0.5) is 10.1 Å². The van der Waals surface area contributed by atoms with E-state index in [0.717, 1.165) is 0 Å². The molecular formula is C15H14Cl2FNO2. The normalized spacial score (nSPS) is 12.0. The summed E-state index contributed by atoms with van der Waals surface area (Å²) in [6.45, 7) is 0.366. The van der Waals surface area contributed by atoms with Crippen LogP contribution in [0.2, 0.25) is 10.0 Å². The number of halogens is 3. The summed E-state index contributed by atoms with van der Waals surface area (Å²) in [4.78, 5) is 0. The molecule has 0 aliphatic rings. The van der Waals surface area contributed by atoms with Gasteiger partial charge in [0, 0.05) is 17.3 Å². The molecule has 21 heavy (non-hydrogen) atoms. The first-order valence-electron chi connectivity index (χ1n) is 6.30. The van der Waals surface area contributed by atoms with Crippen LogP contribution in [0.1, 0.15) is 0 Å². The molecule has 0 bridgehead atoms. The summed E-state index contributed by atoms with van der Waals surface area (Å²) in [5.74, 6) is 0.110. The largest absolute Gasteiger partial charge is 0.491 e. The molecule has 0 aromatic heterocycles. The Balaban J connectivity index is 1.79. The number of anilines is 1. The summed E-state index contributed by atoms with van der Waals surface area (Å²) < 4.78 is 18.4. The van der Waals surface area contributed by atoms with E-state index in [2.05, 4.69) is 5.32 Å². The molecule has 3 nitrogen and oxygen atoms in total. The van der Waals surface area contributed by atoms with Gasteiger partial charge in [0.25, 0.3) is 0 Å². The number of aliphatic hydroxyl groups is 1. The molecule has 1 unspecified atom stereocenters. The molecule has 0 spiro atoms. The van der Waals surface area contributed by atoms with Crippen LogP contribution in [0.5, 0.6) is 5.75 Å². The first-order chi connectivity index (χ1) is 10.0. The molecule has 112 valence electrons. The highest BCUT2D eigenvalue weighted by atomic mass is 35.5. The maximum atomic E-state index is 13.0. The van der Waals surface area contributed by atoms with Crippen LogP contribution in [0.25, 0.3) is 0 Å². The fourth-order valence-electron chi connectivity index (χ4n) is 1.65. The molecule has 0 aliphatic heterocycles. The highest BCUT2D eigenvalue weighted by Gasteiger charge is 2.07. The molecule has 0 amide bonds. The molecule has 2 aromatic carbocycles. The van der Waals surface area contributed by atoms with E-state index in [1.165, 1.54) is 12.1 Å². The Morgan fingerprint density at radius 3 is 2.71 bits per heavy atom. The molecule has 0 saturated heterocycles. The van der Waals surface area contributed by atoms with Gasteiger partial charge >= 0.3 is 0 Å². The quantitative estimate of drug-likeness (QED) is 0.842. The number of rotatable bonds is 6. The number of hydrogen-bond donors (Lipinski definition) is 2. The van der Waals surface area contributed by atoms with Crippen molar-refractivity contribution in [3.8, 4) is 5.75 Å². The van der Waals surface area contributed by atoms with E-state index in [9.17, 15) is 9.50 Å². The highest BCUT2D eigenvalue weighted by molar-refractivity contribution is 6.31. The topological polar surface area (TPSA) is 41.5 Å². The molecule has 1 atom stereocenters. The zero-order valence-corrected chi connectivity index (χ0v) is 12.5. The first kappa shape index (κ1) is 15.9. The van der Waals surface area contributed by atoms with Gasteiger partial charge in [0.05, 0.1) is 5.02 Å². The molecule has 2 aromatic rings. The molecule has 0 radical (unpaired) electrons. The van der Waals surface area contributed by atoms with E-state index >= 15 is 0 Å². The maximum Gasteiger partial charge on any atom is 0.141 e. The van der Waals surface area contributed by atoms with Crippen LogP contribution in [-0.4, -0.2) is 24.4 Å². The Hall–Kier alpha value is -1.49. The lowest BCUT2D eigenvalue weighted by molar-refractivity contribution is 0.117. The molecule has 2 N–H and O–H groups in total. The predicted octanol–water partition coefficient (Wildman–Crippen LogP) is 3.98. The number of ether oxygens (including phenoxy) is 1. The molecule has 0 heterocycles. The van der Waals surface area contributed by atoms with E-state index in [4.69, 9.17) is 27.9 Å². The van der Waals surface area contributed by atoms with Gasteiger partial charge in [0.15, 0.2) is 0 Å². The molecule has 0 aliphatic carbocycles. The van der Waals surface area contributed by atoms with E-state index in [-0.39, 0.29) is 18.2 Å². The predicted molar refractivity (Wildman–Crippen MR) is 82.9 cm³/mol. The minimum atomic E-state index is -0.729. The van der Waals surface area contributed by atoms with Gasteiger partial charge in [-0.05, 0) is 36.4 Å². The summed E-state index contributed by atoms with van der Waals surface area (Å²) >= 11 is 11.5. The third kappa shape index (κ3) is 5.08. The number of hydrogen-bond acceptors (Lipinski definition) is 3. The molecule has 2 rings (SSSR count). The monoisotopic (exact) mass is 329 g/mol. The van der Waals surface area contributed by atoms with Gasteiger partial charge in [-0.1, -0.05) is 29.3 Å². The first-order valence-corrected chi connectivity index (χ1v) is 7.05. The lowest BCUT2D eigenvalue weighted by Crippen LogP contribution is -2.26. The zero-order valence-electron chi connectivity index (χ0n) is 11.0. The van der Waals surface area contributed by atoms with Crippen LogP contribution in [-0.2, 0) is 0 Å². The van der Waals surface area contributed by atoms with Crippen molar-refractivity contribution >= 4 is 28.9 Å². The third-order valence-electron chi connectivity index (χ3n) is 2.70. The van der Waals surface area contributed by atoms with Crippen LogP contribution in [0.15, 0.2) is 42.5 Å². The average molecular weight is 330 g/mol. The standard InChI is InChI=1S/C15H14Cl2FNO2/c16-10-2-1-3-13(6-10)21-9-12(20)8-19-11-4-5-15(18)14(17)7-11/h1-7,12,19-20H,8-9H2. The van der Waals surface area contributed by atoms with Gasteiger partial charge in [0.1, 0.15) is 24.3 Å². The Morgan fingerprint density at radius 1 is 1.19 bits per heavy atom. The number of nitrogens with one attached hydrogen (secondary N) is 1. The Morgan fingerprint density at radius 2 is 2.00 bits per heavy atom. The smallest absolute Gasteiger partial charge is 0.141 e. The van der Waals surface area contributed by atoms with E-state index < -0.39 is 11.9 Å². The summed E-state index contributed by atoms with van der Waals surface area (Å²) in [5.41, 5.74) is 0.628. The zero-order chi connectivity index (χ0) is 15.2. The second-order valence-electron chi connectivity index (χ2n) is 4.43. The average Bonchev–Trinajstić information content (AvgIpc) is 2.46. The summed E-state index contributed by atoms with van der Waals surface area (Å²) in [7, 11) is 0. The lowest BCUT2D eigenvalue weighted by Gasteiger charge is -2.14. The number of aliphatic hydroxyl groups excluding tert-OH is 1. The Labute approximate surface area is 132 Å². The van der Waals surface area contributed by atoms with Gasteiger partial charge in [-0.3, -0.25) is 0 Å². The molecule has 6 heteroatoms. The van der Waals surface area contributed by atoms with Crippen molar-refractivity contribution in [1.29, 1.82) is 0 Å². The fraction of sp³-hybridized carbons (Fsp3) is 0.200. The summed E-state index contributed by atoms with van der Waals surface area (Å²) in [6, 6.07) is 11.2. The molecule has 0 saturated carbocycles. The molecular weight excluding hydrogens is 316 g/mol. The van der Waals surface area contributed by atoms with E-state index in [1.807, 2.05) is 0 Å². The van der Waals surface area contributed by atoms with Gasteiger partial charge in [-0.15, -0.1) is 0 Å². The minimum absolute atomic E-state index is 0.0321. The maximum absolute atomic E-state index is 13.0. The minimum Gasteiger partial charge on any atom is -0.491 e. The van der Waals surface area contributed by atoms with Crippen molar-refractivity contribution in [2.45, 2.75) is 6.10 Å². The van der Waals surface area contributed by atoms with Crippen LogP contribution < -0.4 is 10.1 Å². The van der Waals surface area contributed by atoms with Gasteiger partial charge in [-0.25, -0.2) is 4.39 Å². The van der Waals surface area contributed by atoms with Gasteiger partial charge in [0.2, 0.25) is 0 Å². The molecule has 0 fully saturated rings. The summed E-state index contributed by atoms with van der Waals surface area (Å²) in [6.07, 6.45) is -0.729. The van der Waals surface area contributed by atoms with Gasteiger partial charge < -0.3 is 15.2 Å². The van der Waals surface area contributed by atoms with Crippen molar-refractivity contribution in [1.82, 2.24) is 0 Å². The Bertz CT molecular complexity index is 610. The van der Waals surface area contributed by atoms with Crippen LogP contribution in [0.3, 0.4) is 0 Å². The van der Waals surface area contributed by atoms with Crippen molar-refractivity contribution in [3.05, 3.63) is 58.3 Å². The second-order valence-corrected chi connectivity index (χ2v) is 5.28. The van der Waals surface area contributed by atoms with E-state index in [1.54, 1.807) is 30.3 Å². The van der Waals surface area contributed by atoms with Gasteiger partial charge in [-0.2, -0.15) is 0 Å². The van der Waals surface area contributed by atoms with E-state index in [0.29, 0.717) is 16.5 Å². The SMILES string of the molecule is OC(CNc1ccc(F)c(Cl)c1)COc1cccc(Cl)c1. The van der Waals surface area contributed by atoms with Crippen molar-refractivity contribution in [2.75, 3.05) is 18.5 Å². The lowest BCUT2D eigenvalue weighted by atomic mass is 10.3. The third-order valence-corrected chi connectivity index (χ3v) is 3.22. The fourth-order valence-corrected chi connectivity index (χ4v) is 2.01.